The maximum absolute atomic E-state index is 8.92. The molecule has 0 aliphatic carbocycles. The number of nitrogens with two attached hydrogens (primary N) is 1. The molecule has 2 radical (unpaired) electrons. The quantitative estimate of drug-likeness (QED) is 0.117. The van der Waals surface area contributed by atoms with Crippen LogP contribution >= 0.6 is 0 Å². The van der Waals surface area contributed by atoms with Gasteiger partial charge in [0.05, 0.1) is 13.4 Å². The molecule has 0 heterocycles. The van der Waals surface area contributed by atoms with E-state index in [0.29, 0.717) is 13.0 Å². The molecule has 0 aliphatic heterocycles. The summed E-state index contributed by atoms with van der Waals surface area (Å²) in [5.41, 5.74) is 5.11. The third kappa shape index (κ3) is 7.26. The molecule has 4 N–H and O–H groups in total. The number of rotatable bonds is 9. The van der Waals surface area contributed by atoms with Crippen molar-refractivity contribution in [2.75, 3.05) is 27.0 Å². The molecular formula is C9H19N3O3. The van der Waals surface area contributed by atoms with E-state index in [9.17, 15) is 0 Å². The van der Waals surface area contributed by atoms with Gasteiger partial charge in [-0.3, -0.25) is 10.3 Å². The van der Waals surface area contributed by atoms with Crippen LogP contribution in [0.15, 0.2) is 4.99 Å². The first-order chi connectivity index (χ1) is 7.26. The van der Waals surface area contributed by atoms with Crippen molar-refractivity contribution in [3.8, 4) is 0 Å². The molecule has 2 atom stereocenters. The number of aliphatic hydroxyl groups excluding tert-OH is 1. The Hall–Kier alpha value is -0.690. The summed E-state index contributed by atoms with van der Waals surface area (Å²) in [4.78, 5) is 12.9. The summed E-state index contributed by atoms with van der Waals surface area (Å²) in [6.45, 7) is 6.35. The van der Waals surface area contributed by atoms with E-state index in [1.807, 2.05) is 0 Å². The minimum Gasteiger partial charge on any atom is -0.396 e. The van der Waals surface area contributed by atoms with Crippen LogP contribution in [0.3, 0.4) is 0 Å². The second-order valence-electron chi connectivity index (χ2n) is 2.93. The predicted molar refractivity (Wildman–Crippen MR) is 56.9 cm³/mol. The molecule has 0 saturated heterocycles. The summed E-state index contributed by atoms with van der Waals surface area (Å²) in [7, 11) is 1.42. The molecule has 0 aromatic heterocycles. The van der Waals surface area contributed by atoms with Crippen LogP contribution in [0.1, 0.15) is 6.42 Å². The van der Waals surface area contributed by atoms with E-state index in [-0.39, 0.29) is 25.3 Å². The molecule has 88 valence electrons. The molecule has 0 bridgehead atoms. The van der Waals surface area contributed by atoms with Crippen LogP contribution < -0.4 is 11.1 Å². The van der Waals surface area contributed by atoms with Gasteiger partial charge in [-0.2, -0.15) is 0 Å². The first-order valence-corrected chi connectivity index (χ1v) is 4.71. The highest BCUT2D eigenvalue weighted by atomic mass is 17.2. The Labute approximate surface area is 90.4 Å². The van der Waals surface area contributed by atoms with Crippen LogP contribution in [-0.2, 0) is 9.78 Å². The lowest BCUT2D eigenvalue weighted by atomic mass is 10.0. The second-order valence-corrected chi connectivity index (χ2v) is 2.93. The fourth-order valence-corrected chi connectivity index (χ4v) is 1.08. The van der Waals surface area contributed by atoms with Gasteiger partial charge < -0.3 is 10.8 Å². The van der Waals surface area contributed by atoms with E-state index < -0.39 is 0 Å². The summed E-state index contributed by atoms with van der Waals surface area (Å²) >= 11 is 0. The number of aliphatic imine (C=N–C) groups is 1. The SMILES string of the molecule is [CH]C(CO)C(CCN=CN)NCOOC. The van der Waals surface area contributed by atoms with E-state index in [2.05, 4.69) is 20.1 Å². The molecule has 0 aliphatic rings. The Morgan fingerprint density at radius 3 is 2.93 bits per heavy atom. The first-order valence-electron chi connectivity index (χ1n) is 4.71. The Morgan fingerprint density at radius 2 is 2.40 bits per heavy atom. The fourth-order valence-electron chi connectivity index (χ4n) is 1.08. The van der Waals surface area contributed by atoms with Crippen LogP contribution in [-0.4, -0.2) is 44.5 Å². The largest absolute Gasteiger partial charge is 0.396 e. The van der Waals surface area contributed by atoms with Gasteiger partial charge in [0.1, 0.15) is 6.73 Å². The summed E-state index contributed by atoms with van der Waals surface area (Å²) in [6, 6.07) is -0.0890. The molecule has 0 saturated carbocycles. The smallest absolute Gasteiger partial charge is 0.133 e. The van der Waals surface area contributed by atoms with Crippen molar-refractivity contribution in [3.63, 3.8) is 0 Å². The van der Waals surface area contributed by atoms with Crippen molar-refractivity contribution in [1.29, 1.82) is 0 Å². The number of hydrogen-bond donors (Lipinski definition) is 3. The lowest BCUT2D eigenvalue weighted by molar-refractivity contribution is -0.278. The topological polar surface area (TPSA) is 89.1 Å². The summed E-state index contributed by atoms with van der Waals surface area (Å²) in [6.07, 6.45) is 1.91. The van der Waals surface area contributed by atoms with E-state index in [1.54, 1.807) is 0 Å². The molecule has 15 heavy (non-hydrogen) atoms. The summed E-state index contributed by atoms with van der Waals surface area (Å²) in [5.74, 6) is -0.363. The van der Waals surface area contributed by atoms with Gasteiger partial charge in [-0.05, 0) is 13.3 Å². The van der Waals surface area contributed by atoms with Gasteiger partial charge >= 0.3 is 0 Å². The molecule has 0 rings (SSSR count). The van der Waals surface area contributed by atoms with Gasteiger partial charge in [-0.1, -0.05) is 0 Å². The third-order valence-electron chi connectivity index (χ3n) is 1.92. The third-order valence-corrected chi connectivity index (χ3v) is 1.92. The lowest BCUT2D eigenvalue weighted by Crippen LogP contribution is -2.38. The van der Waals surface area contributed by atoms with Crippen molar-refractivity contribution in [1.82, 2.24) is 5.32 Å². The lowest BCUT2D eigenvalue weighted by Gasteiger charge is -2.22. The molecular weight excluding hydrogens is 198 g/mol. The zero-order valence-corrected chi connectivity index (χ0v) is 8.93. The molecule has 2 unspecified atom stereocenters. The fraction of sp³-hybridized carbons (Fsp3) is 0.778. The number of nitrogens with zero attached hydrogens (tertiary/aromatic N) is 1. The van der Waals surface area contributed by atoms with E-state index in [4.69, 9.17) is 17.8 Å². The molecule has 0 spiro atoms. The Morgan fingerprint density at radius 1 is 1.67 bits per heavy atom. The van der Waals surface area contributed by atoms with Gasteiger partial charge in [-0.25, -0.2) is 9.78 Å². The van der Waals surface area contributed by atoms with Crippen LogP contribution in [0.4, 0.5) is 0 Å². The van der Waals surface area contributed by atoms with Crippen LogP contribution in [0.5, 0.6) is 0 Å². The molecule has 0 fully saturated rings. The van der Waals surface area contributed by atoms with Gasteiger partial charge in [0, 0.05) is 25.1 Å². The van der Waals surface area contributed by atoms with Crippen LogP contribution in [0.2, 0.25) is 0 Å². The Balaban J connectivity index is 3.83. The molecule has 6 heteroatoms. The van der Waals surface area contributed by atoms with Crippen molar-refractivity contribution in [2.45, 2.75) is 12.5 Å². The first kappa shape index (κ1) is 14.3. The minimum absolute atomic E-state index is 0.0890. The average molecular weight is 217 g/mol. The summed E-state index contributed by atoms with van der Waals surface area (Å²) < 4.78 is 0. The van der Waals surface area contributed by atoms with Crippen LogP contribution in [0.25, 0.3) is 0 Å². The zero-order chi connectivity index (χ0) is 11.5. The van der Waals surface area contributed by atoms with Gasteiger partial charge in [0.2, 0.25) is 0 Å². The maximum Gasteiger partial charge on any atom is 0.133 e. The van der Waals surface area contributed by atoms with E-state index in [0.717, 1.165) is 0 Å². The molecule has 0 aromatic carbocycles. The molecule has 0 amide bonds. The molecule has 0 aromatic rings. The normalized spacial score (nSPS) is 15.7. The Bertz CT molecular complexity index is 167. The minimum atomic E-state index is -0.363. The highest BCUT2D eigenvalue weighted by Crippen LogP contribution is 2.05. The second kappa shape index (κ2) is 9.85. The van der Waals surface area contributed by atoms with Gasteiger partial charge in [-0.15, -0.1) is 0 Å². The Kier molecular flexibility index (Phi) is 9.40. The number of aliphatic hydroxyl groups is 1. The average Bonchev–Trinajstić information content (AvgIpc) is 2.26. The summed E-state index contributed by atoms with van der Waals surface area (Å²) in [5, 5.41) is 11.9. The molecule has 6 nitrogen and oxygen atoms in total. The van der Waals surface area contributed by atoms with E-state index >= 15 is 0 Å². The monoisotopic (exact) mass is 217 g/mol. The predicted octanol–water partition coefficient (Wildman–Crippen LogP) is -0.823. The van der Waals surface area contributed by atoms with Crippen molar-refractivity contribution in [2.24, 2.45) is 16.6 Å². The maximum atomic E-state index is 8.92. The van der Waals surface area contributed by atoms with Gasteiger partial charge in [0.25, 0.3) is 0 Å². The highest BCUT2D eigenvalue weighted by Gasteiger charge is 2.15. The number of nitrogens with one attached hydrogen (secondary N) is 1. The highest BCUT2D eigenvalue weighted by molar-refractivity contribution is 5.50. The van der Waals surface area contributed by atoms with Crippen molar-refractivity contribution in [3.05, 3.63) is 6.92 Å². The zero-order valence-electron chi connectivity index (χ0n) is 8.93. The standard InChI is InChI=1S/C9H19N3O3/c1-8(5-13)9(3-4-11-6-10)12-7-15-14-2/h1,6,8-9,12-13H,3-5,7H2,2H3,(H2,10,11). The number of hydrogen-bond acceptors (Lipinski definition) is 5. The van der Waals surface area contributed by atoms with E-state index in [1.165, 1.54) is 13.4 Å². The van der Waals surface area contributed by atoms with Crippen molar-refractivity contribution < 1.29 is 14.9 Å². The van der Waals surface area contributed by atoms with Crippen LogP contribution in [0, 0.1) is 12.8 Å². The van der Waals surface area contributed by atoms with Gasteiger partial charge in [0.15, 0.2) is 0 Å². The van der Waals surface area contributed by atoms with Crippen molar-refractivity contribution >= 4 is 6.34 Å².